The molecule has 2 atom stereocenters. The van der Waals surface area contributed by atoms with Crippen LogP contribution in [0.4, 0.5) is 5.69 Å². The number of rotatable bonds is 2. The largest absolute Gasteiger partial charge is 0.366 e. The highest BCUT2D eigenvalue weighted by Gasteiger charge is 2.36. The van der Waals surface area contributed by atoms with Crippen LogP contribution in [-0.2, 0) is 0 Å². The molecule has 1 N–H and O–H groups in total. The molecule has 2 aliphatic rings. The zero-order valence-corrected chi connectivity index (χ0v) is 11.7. The third-order valence-electron chi connectivity index (χ3n) is 4.61. The molecule has 2 heteroatoms. The van der Waals surface area contributed by atoms with Crippen LogP contribution < -0.4 is 10.2 Å². The second-order valence-corrected chi connectivity index (χ2v) is 6.12. The van der Waals surface area contributed by atoms with Crippen molar-refractivity contribution in [2.45, 2.75) is 45.7 Å². The van der Waals surface area contributed by atoms with Crippen LogP contribution in [0.3, 0.4) is 0 Å². The Morgan fingerprint density at radius 1 is 1.17 bits per heavy atom. The van der Waals surface area contributed by atoms with E-state index in [1.165, 1.54) is 36.2 Å². The van der Waals surface area contributed by atoms with Crippen LogP contribution in [0.25, 0.3) is 0 Å². The first-order valence-electron chi connectivity index (χ1n) is 7.22. The van der Waals surface area contributed by atoms with Crippen LogP contribution in [0, 0.1) is 19.8 Å². The maximum Gasteiger partial charge on any atom is 0.0387 e. The first-order valence-corrected chi connectivity index (χ1v) is 7.22. The Morgan fingerprint density at radius 2 is 1.94 bits per heavy atom. The summed E-state index contributed by atoms with van der Waals surface area (Å²) in [6, 6.07) is 8.20. The van der Waals surface area contributed by atoms with Gasteiger partial charge in [-0.15, -0.1) is 0 Å². The van der Waals surface area contributed by atoms with Gasteiger partial charge < -0.3 is 10.2 Å². The van der Waals surface area contributed by atoms with Crippen LogP contribution >= 0.6 is 0 Å². The smallest absolute Gasteiger partial charge is 0.0387 e. The molecule has 1 aromatic carbocycles. The van der Waals surface area contributed by atoms with Crippen molar-refractivity contribution >= 4 is 5.69 Å². The van der Waals surface area contributed by atoms with Crippen molar-refractivity contribution in [3.8, 4) is 0 Å². The highest BCUT2D eigenvalue weighted by Crippen LogP contribution is 2.35. The number of hydrogen-bond acceptors (Lipinski definition) is 2. The van der Waals surface area contributed by atoms with E-state index in [1.54, 1.807) is 0 Å². The lowest BCUT2D eigenvalue weighted by Gasteiger charge is -2.41. The van der Waals surface area contributed by atoms with Gasteiger partial charge in [0.25, 0.3) is 0 Å². The average molecular weight is 244 g/mol. The predicted octanol–water partition coefficient (Wildman–Crippen LogP) is 2.88. The highest BCUT2D eigenvalue weighted by atomic mass is 15.2. The van der Waals surface area contributed by atoms with E-state index >= 15 is 0 Å². The Kier molecular flexibility index (Phi) is 3.06. The standard InChI is InChI=1S/C16H24N2/c1-11-4-7-15(8-12(11)2)18-10-16(14-5-6-14)17-9-13(18)3/h4,7-8,13-14,16-17H,5-6,9-10H2,1-3H3. The maximum absolute atomic E-state index is 3.71. The molecule has 18 heavy (non-hydrogen) atoms. The normalized spacial score (nSPS) is 28.5. The molecule has 1 saturated heterocycles. The number of benzene rings is 1. The van der Waals surface area contributed by atoms with Gasteiger partial charge in [-0.05, 0) is 62.8 Å². The summed E-state index contributed by atoms with van der Waals surface area (Å²) < 4.78 is 0. The van der Waals surface area contributed by atoms with Gasteiger partial charge >= 0.3 is 0 Å². The number of anilines is 1. The lowest BCUT2D eigenvalue weighted by Crippen LogP contribution is -2.56. The molecule has 2 fully saturated rings. The van der Waals surface area contributed by atoms with Gasteiger partial charge in [0.15, 0.2) is 0 Å². The van der Waals surface area contributed by atoms with Crippen molar-refractivity contribution in [2.24, 2.45) is 5.92 Å². The average Bonchev–Trinajstić information content (AvgIpc) is 3.18. The first-order chi connectivity index (χ1) is 8.65. The number of piperazine rings is 1. The van der Waals surface area contributed by atoms with Crippen LogP contribution in [0.1, 0.15) is 30.9 Å². The second-order valence-electron chi connectivity index (χ2n) is 6.12. The Bertz CT molecular complexity index is 437. The summed E-state index contributed by atoms with van der Waals surface area (Å²) in [5.41, 5.74) is 4.19. The van der Waals surface area contributed by atoms with E-state index in [1.807, 2.05) is 0 Å². The molecule has 1 aromatic rings. The van der Waals surface area contributed by atoms with Gasteiger partial charge in [-0.3, -0.25) is 0 Å². The van der Waals surface area contributed by atoms with Gasteiger partial charge in [0.05, 0.1) is 0 Å². The molecule has 0 radical (unpaired) electrons. The molecule has 98 valence electrons. The second kappa shape index (κ2) is 4.58. The monoisotopic (exact) mass is 244 g/mol. The van der Waals surface area contributed by atoms with Crippen LogP contribution in [0.2, 0.25) is 0 Å². The molecule has 2 unspecified atom stereocenters. The quantitative estimate of drug-likeness (QED) is 0.860. The topological polar surface area (TPSA) is 15.3 Å². The van der Waals surface area contributed by atoms with E-state index in [9.17, 15) is 0 Å². The van der Waals surface area contributed by atoms with Crippen molar-refractivity contribution in [3.63, 3.8) is 0 Å². The fourth-order valence-corrected chi connectivity index (χ4v) is 2.97. The minimum atomic E-state index is 0.599. The SMILES string of the molecule is Cc1ccc(N2CC(C3CC3)NCC2C)cc1C. The van der Waals surface area contributed by atoms with Gasteiger partial charge in [-0.2, -0.15) is 0 Å². The predicted molar refractivity (Wildman–Crippen MR) is 77.2 cm³/mol. The van der Waals surface area contributed by atoms with Crippen LogP contribution in [0.15, 0.2) is 18.2 Å². The summed E-state index contributed by atoms with van der Waals surface area (Å²) in [5, 5.41) is 3.71. The molecule has 1 aliphatic heterocycles. The fourth-order valence-electron chi connectivity index (χ4n) is 2.97. The minimum Gasteiger partial charge on any atom is -0.366 e. The third-order valence-corrected chi connectivity index (χ3v) is 4.61. The minimum absolute atomic E-state index is 0.599. The first kappa shape index (κ1) is 12.0. The highest BCUT2D eigenvalue weighted by molar-refractivity contribution is 5.52. The molecule has 0 aromatic heterocycles. The van der Waals surface area contributed by atoms with Crippen LogP contribution in [0.5, 0.6) is 0 Å². The van der Waals surface area contributed by atoms with Gasteiger partial charge in [0, 0.05) is 30.9 Å². The van der Waals surface area contributed by atoms with E-state index in [2.05, 4.69) is 49.2 Å². The molecule has 0 spiro atoms. The number of nitrogens with one attached hydrogen (secondary N) is 1. The van der Waals surface area contributed by atoms with Crippen LogP contribution in [-0.4, -0.2) is 25.2 Å². The third kappa shape index (κ3) is 2.26. The lowest BCUT2D eigenvalue weighted by atomic mass is 10.0. The molecule has 1 aliphatic carbocycles. The van der Waals surface area contributed by atoms with E-state index in [-0.39, 0.29) is 0 Å². The molecule has 1 heterocycles. The summed E-state index contributed by atoms with van der Waals surface area (Å²) in [4.78, 5) is 2.59. The summed E-state index contributed by atoms with van der Waals surface area (Å²) in [7, 11) is 0. The molecule has 0 amide bonds. The molecule has 1 saturated carbocycles. The van der Waals surface area contributed by atoms with E-state index in [4.69, 9.17) is 0 Å². The summed E-state index contributed by atoms with van der Waals surface area (Å²) in [6.45, 7) is 9.02. The molecular formula is C16H24N2. The Hall–Kier alpha value is -1.02. The molecule has 2 nitrogen and oxygen atoms in total. The molecule has 0 bridgehead atoms. The van der Waals surface area contributed by atoms with E-state index < -0.39 is 0 Å². The Balaban J connectivity index is 1.81. The maximum atomic E-state index is 3.71. The zero-order chi connectivity index (χ0) is 12.7. The van der Waals surface area contributed by atoms with E-state index in [0.717, 1.165) is 12.5 Å². The number of nitrogens with zero attached hydrogens (tertiary/aromatic N) is 1. The number of hydrogen-bond donors (Lipinski definition) is 1. The van der Waals surface area contributed by atoms with Crippen molar-refractivity contribution in [1.82, 2.24) is 5.32 Å². The molecular weight excluding hydrogens is 220 g/mol. The van der Waals surface area contributed by atoms with Crippen molar-refractivity contribution < 1.29 is 0 Å². The summed E-state index contributed by atoms with van der Waals surface area (Å²) in [5.74, 6) is 0.937. The van der Waals surface area contributed by atoms with Gasteiger partial charge in [0.1, 0.15) is 0 Å². The summed E-state index contributed by atoms with van der Waals surface area (Å²) in [6.07, 6.45) is 2.85. The van der Waals surface area contributed by atoms with Crippen molar-refractivity contribution in [3.05, 3.63) is 29.3 Å². The Labute approximate surface area is 110 Å². The van der Waals surface area contributed by atoms with E-state index in [0.29, 0.717) is 12.1 Å². The fraction of sp³-hybridized carbons (Fsp3) is 0.625. The van der Waals surface area contributed by atoms with Gasteiger partial charge in [-0.1, -0.05) is 6.07 Å². The van der Waals surface area contributed by atoms with Gasteiger partial charge in [0.2, 0.25) is 0 Å². The van der Waals surface area contributed by atoms with Crippen molar-refractivity contribution in [2.75, 3.05) is 18.0 Å². The molecule has 3 rings (SSSR count). The summed E-state index contributed by atoms with van der Waals surface area (Å²) >= 11 is 0. The number of aryl methyl sites for hydroxylation is 2. The van der Waals surface area contributed by atoms with Gasteiger partial charge in [-0.25, -0.2) is 0 Å². The lowest BCUT2D eigenvalue weighted by molar-refractivity contribution is 0.376. The van der Waals surface area contributed by atoms with Crippen molar-refractivity contribution in [1.29, 1.82) is 0 Å². The Morgan fingerprint density at radius 3 is 2.61 bits per heavy atom. The zero-order valence-electron chi connectivity index (χ0n) is 11.7.